The van der Waals surface area contributed by atoms with Crippen LogP contribution in [0.5, 0.6) is 0 Å². The van der Waals surface area contributed by atoms with Gasteiger partial charge in [0.1, 0.15) is 0 Å². The highest BCUT2D eigenvalue weighted by molar-refractivity contribution is 5.72. The number of carboxylic acid groups (broad SMARTS) is 1. The van der Waals surface area contributed by atoms with E-state index in [2.05, 4.69) is 17.2 Å². The first-order valence-electron chi connectivity index (χ1n) is 6.18. The zero-order chi connectivity index (χ0) is 13.0. The number of pyridine rings is 1. The Morgan fingerprint density at radius 3 is 3.11 bits per heavy atom. The average Bonchev–Trinajstić information content (AvgIpc) is 2.86. The molecule has 2 rings (SSSR count). The molecule has 0 radical (unpaired) electrons. The summed E-state index contributed by atoms with van der Waals surface area (Å²) in [5, 5.41) is 12.2. The molecule has 2 unspecified atom stereocenters. The first-order chi connectivity index (χ1) is 8.66. The van der Waals surface area contributed by atoms with Crippen molar-refractivity contribution in [3.8, 4) is 0 Å². The zero-order valence-corrected chi connectivity index (χ0v) is 10.4. The maximum absolute atomic E-state index is 10.8. The number of hydrogen-bond acceptors (Lipinski definition) is 4. The summed E-state index contributed by atoms with van der Waals surface area (Å²) in [4.78, 5) is 14.8. The SMILES string of the molecule is C[C@H](NCC1CCC(C(=O)O)O1)c1cccnc1. The Morgan fingerprint density at radius 2 is 2.50 bits per heavy atom. The second-order valence-corrected chi connectivity index (χ2v) is 4.58. The summed E-state index contributed by atoms with van der Waals surface area (Å²) in [5.41, 5.74) is 1.12. The maximum Gasteiger partial charge on any atom is 0.332 e. The molecule has 0 bridgehead atoms. The molecule has 5 heteroatoms. The first kappa shape index (κ1) is 13.0. The van der Waals surface area contributed by atoms with Crippen molar-refractivity contribution in [1.29, 1.82) is 0 Å². The summed E-state index contributed by atoms with van der Waals surface area (Å²) in [6, 6.07) is 4.10. The topological polar surface area (TPSA) is 71.5 Å². The monoisotopic (exact) mass is 250 g/mol. The molecule has 0 aliphatic carbocycles. The fourth-order valence-corrected chi connectivity index (χ4v) is 2.10. The molecule has 5 nitrogen and oxygen atoms in total. The summed E-state index contributed by atoms with van der Waals surface area (Å²) >= 11 is 0. The van der Waals surface area contributed by atoms with Gasteiger partial charge in [-0.2, -0.15) is 0 Å². The van der Waals surface area contributed by atoms with Crippen molar-refractivity contribution in [2.45, 2.75) is 38.0 Å². The molecule has 18 heavy (non-hydrogen) atoms. The van der Waals surface area contributed by atoms with Gasteiger partial charge in [0.05, 0.1) is 6.10 Å². The van der Waals surface area contributed by atoms with E-state index >= 15 is 0 Å². The number of carbonyl (C=O) groups is 1. The summed E-state index contributed by atoms with van der Waals surface area (Å²) in [6.45, 7) is 2.72. The molecule has 0 amide bonds. The summed E-state index contributed by atoms with van der Waals surface area (Å²) in [7, 11) is 0. The minimum atomic E-state index is -0.863. The zero-order valence-electron chi connectivity index (χ0n) is 10.4. The van der Waals surface area contributed by atoms with Crippen LogP contribution >= 0.6 is 0 Å². The van der Waals surface area contributed by atoms with Gasteiger partial charge in [-0.25, -0.2) is 4.79 Å². The molecule has 2 heterocycles. The average molecular weight is 250 g/mol. The van der Waals surface area contributed by atoms with Crippen LogP contribution in [0.15, 0.2) is 24.5 Å². The van der Waals surface area contributed by atoms with Gasteiger partial charge in [-0.05, 0) is 31.4 Å². The smallest absolute Gasteiger partial charge is 0.332 e. The van der Waals surface area contributed by atoms with Crippen molar-refractivity contribution >= 4 is 5.97 Å². The summed E-state index contributed by atoms with van der Waals surface area (Å²) < 4.78 is 5.43. The molecule has 1 saturated heterocycles. The maximum atomic E-state index is 10.8. The van der Waals surface area contributed by atoms with E-state index in [9.17, 15) is 4.79 Å². The highest BCUT2D eigenvalue weighted by Crippen LogP contribution is 2.20. The third kappa shape index (κ3) is 3.27. The third-order valence-corrected chi connectivity index (χ3v) is 3.22. The van der Waals surface area contributed by atoms with Gasteiger partial charge in [0.2, 0.25) is 0 Å². The minimum absolute atomic E-state index is 0.00905. The molecule has 0 spiro atoms. The largest absolute Gasteiger partial charge is 0.479 e. The minimum Gasteiger partial charge on any atom is -0.479 e. The van der Waals surface area contributed by atoms with Crippen molar-refractivity contribution < 1.29 is 14.6 Å². The van der Waals surface area contributed by atoms with Crippen LogP contribution in [0.2, 0.25) is 0 Å². The van der Waals surface area contributed by atoms with E-state index < -0.39 is 12.1 Å². The van der Waals surface area contributed by atoms with Gasteiger partial charge in [0.15, 0.2) is 6.10 Å². The fourth-order valence-electron chi connectivity index (χ4n) is 2.10. The number of aromatic nitrogens is 1. The first-order valence-corrected chi connectivity index (χ1v) is 6.18. The van der Waals surface area contributed by atoms with Crippen LogP contribution in [0.3, 0.4) is 0 Å². The van der Waals surface area contributed by atoms with Gasteiger partial charge in [0.25, 0.3) is 0 Å². The number of carboxylic acids is 1. The van der Waals surface area contributed by atoms with Gasteiger partial charge < -0.3 is 15.2 Å². The molecule has 1 aliphatic heterocycles. The van der Waals surface area contributed by atoms with Gasteiger partial charge in [-0.1, -0.05) is 6.07 Å². The standard InChI is InChI=1S/C13H18N2O3/c1-9(10-3-2-6-14-7-10)15-8-11-4-5-12(18-11)13(16)17/h2-3,6-7,9,11-12,15H,4-5,8H2,1H3,(H,16,17)/t9-,11?,12?/m0/s1. The Labute approximate surface area is 106 Å². The van der Waals surface area contributed by atoms with Crippen LogP contribution in [-0.4, -0.2) is 34.8 Å². The fraction of sp³-hybridized carbons (Fsp3) is 0.538. The van der Waals surface area contributed by atoms with Crippen molar-refractivity contribution in [2.75, 3.05) is 6.54 Å². The summed E-state index contributed by atoms with van der Waals surface area (Å²) in [5.74, 6) is -0.863. The molecule has 98 valence electrons. The Bertz CT molecular complexity index is 396. The molecular weight excluding hydrogens is 232 g/mol. The lowest BCUT2D eigenvalue weighted by Gasteiger charge is -2.17. The normalized spacial score (nSPS) is 24.9. The molecule has 2 N–H and O–H groups in total. The molecule has 1 aromatic heterocycles. The highest BCUT2D eigenvalue weighted by Gasteiger charge is 2.30. The van der Waals surface area contributed by atoms with Crippen LogP contribution in [0.1, 0.15) is 31.4 Å². The van der Waals surface area contributed by atoms with Crippen molar-refractivity contribution in [2.24, 2.45) is 0 Å². The lowest BCUT2D eigenvalue weighted by molar-refractivity contribution is -0.149. The highest BCUT2D eigenvalue weighted by atomic mass is 16.5. The lowest BCUT2D eigenvalue weighted by atomic mass is 10.1. The van der Waals surface area contributed by atoms with Gasteiger partial charge in [-0.15, -0.1) is 0 Å². The van der Waals surface area contributed by atoms with E-state index in [1.807, 2.05) is 18.3 Å². The van der Waals surface area contributed by atoms with Crippen LogP contribution in [0.25, 0.3) is 0 Å². The van der Waals surface area contributed by atoms with Crippen molar-refractivity contribution in [1.82, 2.24) is 10.3 Å². The molecule has 0 aromatic carbocycles. The number of ether oxygens (including phenoxy) is 1. The third-order valence-electron chi connectivity index (χ3n) is 3.22. The van der Waals surface area contributed by atoms with E-state index in [1.165, 1.54) is 0 Å². The Hall–Kier alpha value is -1.46. The number of nitrogens with one attached hydrogen (secondary N) is 1. The molecule has 3 atom stereocenters. The second kappa shape index (κ2) is 5.93. The number of rotatable bonds is 5. The number of nitrogens with zero attached hydrogens (tertiary/aromatic N) is 1. The van der Waals surface area contributed by atoms with E-state index in [0.717, 1.165) is 12.0 Å². The Balaban J connectivity index is 1.77. The van der Waals surface area contributed by atoms with E-state index in [1.54, 1.807) is 6.20 Å². The second-order valence-electron chi connectivity index (χ2n) is 4.58. The molecular formula is C13H18N2O3. The lowest BCUT2D eigenvalue weighted by Crippen LogP contribution is -2.30. The molecule has 0 saturated carbocycles. The van der Waals surface area contributed by atoms with E-state index in [0.29, 0.717) is 13.0 Å². The summed E-state index contributed by atoms with van der Waals surface area (Å²) in [6.07, 6.45) is 4.32. The van der Waals surface area contributed by atoms with Crippen LogP contribution in [0, 0.1) is 0 Å². The van der Waals surface area contributed by atoms with Gasteiger partial charge >= 0.3 is 5.97 Å². The predicted octanol–water partition coefficient (Wildman–Crippen LogP) is 1.36. The Morgan fingerprint density at radius 1 is 1.67 bits per heavy atom. The number of aliphatic carboxylic acids is 1. The van der Waals surface area contributed by atoms with E-state index in [-0.39, 0.29) is 12.1 Å². The van der Waals surface area contributed by atoms with Crippen LogP contribution < -0.4 is 5.32 Å². The van der Waals surface area contributed by atoms with Crippen LogP contribution in [-0.2, 0) is 9.53 Å². The Kier molecular flexibility index (Phi) is 4.28. The van der Waals surface area contributed by atoms with Gasteiger partial charge in [-0.3, -0.25) is 4.98 Å². The predicted molar refractivity (Wildman–Crippen MR) is 66.2 cm³/mol. The van der Waals surface area contributed by atoms with Crippen molar-refractivity contribution in [3.05, 3.63) is 30.1 Å². The number of hydrogen-bond donors (Lipinski definition) is 2. The van der Waals surface area contributed by atoms with Crippen LogP contribution in [0.4, 0.5) is 0 Å². The van der Waals surface area contributed by atoms with Crippen molar-refractivity contribution in [3.63, 3.8) is 0 Å². The molecule has 1 aliphatic rings. The molecule has 1 fully saturated rings. The molecule has 1 aromatic rings. The van der Waals surface area contributed by atoms with Gasteiger partial charge in [0, 0.05) is 25.0 Å². The quantitative estimate of drug-likeness (QED) is 0.825. The van der Waals surface area contributed by atoms with E-state index in [4.69, 9.17) is 9.84 Å².